The van der Waals surface area contributed by atoms with Crippen LogP contribution in [0.1, 0.15) is 34.8 Å². The van der Waals surface area contributed by atoms with E-state index in [1.807, 2.05) is 30.3 Å². The number of ether oxygens (including phenoxy) is 1. The van der Waals surface area contributed by atoms with Gasteiger partial charge in [0.05, 0.1) is 19.3 Å². The number of aliphatic hydroxyl groups excluding tert-OH is 1. The Morgan fingerprint density at radius 2 is 1.83 bits per heavy atom. The Morgan fingerprint density at radius 3 is 2.50 bits per heavy atom. The first-order valence-electron chi connectivity index (χ1n) is 11.8. The summed E-state index contributed by atoms with van der Waals surface area (Å²) in [5.41, 5.74) is 1.05. The maximum atomic E-state index is 13.7. The molecule has 7 heteroatoms. The first-order chi connectivity index (χ1) is 17.4. The Balaban J connectivity index is 1.69. The van der Waals surface area contributed by atoms with Crippen LogP contribution in [0.25, 0.3) is 0 Å². The first kappa shape index (κ1) is 25.2. The van der Waals surface area contributed by atoms with Crippen LogP contribution in [-0.4, -0.2) is 35.7 Å². The van der Waals surface area contributed by atoms with E-state index in [2.05, 4.69) is 5.32 Å². The van der Waals surface area contributed by atoms with Crippen LogP contribution >= 0.6 is 0 Å². The summed E-state index contributed by atoms with van der Waals surface area (Å²) in [7, 11) is 1.56. The average Bonchev–Trinajstić information content (AvgIpc) is 3.11. The Labute approximate surface area is 210 Å². The van der Waals surface area contributed by atoms with E-state index in [9.17, 15) is 14.7 Å². The second kappa shape index (κ2) is 10.8. The van der Waals surface area contributed by atoms with Crippen LogP contribution in [-0.2, 0) is 16.9 Å². The number of hydrogen-bond donors (Lipinski definition) is 3. The molecule has 3 aromatic rings. The van der Waals surface area contributed by atoms with Gasteiger partial charge in [0.15, 0.2) is 5.60 Å². The number of carbonyl (C=O) groups excluding carboxylic acids is 2. The highest BCUT2D eigenvalue weighted by atomic mass is 16.5. The Hall–Kier alpha value is -3.94. The molecular formula is C29H30N2O5. The summed E-state index contributed by atoms with van der Waals surface area (Å²) in [6, 6.07) is 21.5. The van der Waals surface area contributed by atoms with Crippen molar-refractivity contribution in [2.45, 2.75) is 25.5 Å². The van der Waals surface area contributed by atoms with Crippen LogP contribution in [0.15, 0.2) is 84.9 Å². The molecule has 2 amide bonds. The van der Waals surface area contributed by atoms with Crippen LogP contribution in [0.5, 0.6) is 5.75 Å². The lowest BCUT2D eigenvalue weighted by Crippen LogP contribution is -2.44. The normalized spacial score (nSPS) is 17.8. The van der Waals surface area contributed by atoms with Crippen molar-refractivity contribution in [2.24, 2.45) is 5.92 Å². The lowest BCUT2D eigenvalue weighted by Gasteiger charge is -2.28. The molecule has 0 saturated carbocycles. The summed E-state index contributed by atoms with van der Waals surface area (Å²) in [6.45, 7) is 2.05. The molecule has 1 aliphatic heterocycles. The van der Waals surface area contributed by atoms with E-state index in [-0.39, 0.29) is 12.5 Å². The minimum Gasteiger partial charge on any atom is -0.497 e. The van der Waals surface area contributed by atoms with Gasteiger partial charge in [-0.15, -0.1) is 0 Å². The molecule has 0 spiro atoms. The van der Waals surface area contributed by atoms with E-state index in [0.29, 0.717) is 41.2 Å². The van der Waals surface area contributed by atoms with Crippen molar-refractivity contribution >= 4 is 23.2 Å². The molecule has 0 aromatic heterocycles. The van der Waals surface area contributed by atoms with E-state index in [1.165, 1.54) is 0 Å². The molecule has 0 aliphatic carbocycles. The lowest BCUT2D eigenvalue weighted by atomic mass is 9.82. The fourth-order valence-corrected chi connectivity index (χ4v) is 4.41. The van der Waals surface area contributed by atoms with Crippen LogP contribution < -0.4 is 15.0 Å². The summed E-state index contributed by atoms with van der Waals surface area (Å²) in [4.78, 5) is 28.1. The quantitative estimate of drug-likeness (QED) is 0.393. The summed E-state index contributed by atoms with van der Waals surface area (Å²) in [5, 5.41) is 23.8. The van der Waals surface area contributed by atoms with Crippen LogP contribution in [0, 0.1) is 5.92 Å². The van der Waals surface area contributed by atoms with Crippen molar-refractivity contribution in [3.8, 4) is 5.75 Å². The van der Waals surface area contributed by atoms with Gasteiger partial charge in [0.25, 0.3) is 11.8 Å². The first-order valence-corrected chi connectivity index (χ1v) is 11.8. The molecule has 0 fully saturated rings. The van der Waals surface area contributed by atoms with Crippen LogP contribution in [0.2, 0.25) is 0 Å². The van der Waals surface area contributed by atoms with Gasteiger partial charge in [-0.2, -0.15) is 0 Å². The third kappa shape index (κ3) is 4.89. The topological polar surface area (TPSA) is 99.1 Å². The number of amides is 2. The van der Waals surface area contributed by atoms with Gasteiger partial charge >= 0.3 is 0 Å². The summed E-state index contributed by atoms with van der Waals surface area (Å²) >= 11 is 0. The molecule has 0 saturated heterocycles. The number of methoxy groups -OCH3 is 1. The Morgan fingerprint density at radius 1 is 1.11 bits per heavy atom. The van der Waals surface area contributed by atoms with Gasteiger partial charge in [0.1, 0.15) is 5.75 Å². The van der Waals surface area contributed by atoms with Gasteiger partial charge in [0.2, 0.25) is 0 Å². The molecule has 0 unspecified atom stereocenters. The molecule has 3 aromatic carbocycles. The number of rotatable bonds is 9. The van der Waals surface area contributed by atoms with Crippen molar-refractivity contribution in [3.63, 3.8) is 0 Å². The highest BCUT2D eigenvalue weighted by Crippen LogP contribution is 2.46. The SMILES string of the molecule is COc1ccc(C(=O)Nc2ccc3c(c2)[C@](O)([C@@H](C)/C=C/CCO)C(=O)N3Cc2ccccc2)cc1. The number of benzene rings is 3. The third-order valence-electron chi connectivity index (χ3n) is 6.44. The molecule has 0 bridgehead atoms. The van der Waals surface area contributed by atoms with Crippen molar-refractivity contribution in [3.05, 3.63) is 102 Å². The Kier molecular flexibility index (Phi) is 7.52. The number of fused-ring (bicyclic) bond motifs is 1. The van der Waals surface area contributed by atoms with E-state index in [4.69, 9.17) is 9.84 Å². The van der Waals surface area contributed by atoms with Crippen LogP contribution in [0.3, 0.4) is 0 Å². The molecule has 4 rings (SSSR count). The van der Waals surface area contributed by atoms with Crippen molar-refractivity contribution in [2.75, 3.05) is 23.9 Å². The van der Waals surface area contributed by atoms with Crippen molar-refractivity contribution in [1.29, 1.82) is 0 Å². The van der Waals surface area contributed by atoms with Gasteiger partial charge in [0, 0.05) is 29.3 Å². The fraction of sp³-hybridized carbons (Fsp3) is 0.241. The molecule has 7 nitrogen and oxygen atoms in total. The molecule has 186 valence electrons. The maximum absolute atomic E-state index is 13.7. The predicted molar refractivity (Wildman–Crippen MR) is 139 cm³/mol. The number of nitrogens with one attached hydrogen (secondary N) is 1. The molecule has 1 aliphatic rings. The largest absolute Gasteiger partial charge is 0.497 e. The fourth-order valence-electron chi connectivity index (χ4n) is 4.41. The summed E-state index contributed by atoms with van der Waals surface area (Å²) in [6.07, 6.45) is 3.92. The highest BCUT2D eigenvalue weighted by Gasteiger charge is 2.52. The molecule has 0 radical (unpaired) electrons. The van der Waals surface area contributed by atoms with E-state index < -0.39 is 17.4 Å². The monoisotopic (exact) mass is 486 g/mol. The smallest absolute Gasteiger partial charge is 0.264 e. The molecular weight excluding hydrogens is 456 g/mol. The third-order valence-corrected chi connectivity index (χ3v) is 6.44. The second-order valence-corrected chi connectivity index (χ2v) is 8.79. The number of anilines is 2. The zero-order valence-electron chi connectivity index (χ0n) is 20.3. The number of nitrogens with zero attached hydrogens (tertiary/aromatic N) is 1. The zero-order valence-corrected chi connectivity index (χ0v) is 20.3. The van der Waals surface area contributed by atoms with E-state index in [0.717, 1.165) is 5.56 Å². The van der Waals surface area contributed by atoms with Gasteiger partial charge in [-0.05, 0) is 54.4 Å². The zero-order chi connectivity index (χ0) is 25.7. The van der Waals surface area contributed by atoms with Crippen molar-refractivity contribution < 1.29 is 24.5 Å². The minimum atomic E-state index is -1.82. The number of aliphatic hydroxyl groups is 2. The lowest BCUT2D eigenvalue weighted by molar-refractivity contribution is -0.139. The molecule has 1 heterocycles. The van der Waals surface area contributed by atoms with E-state index in [1.54, 1.807) is 73.6 Å². The number of carbonyl (C=O) groups is 2. The van der Waals surface area contributed by atoms with Gasteiger partial charge in [-0.25, -0.2) is 0 Å². The molecule has 3 N–H and O–H groups in total. The maximum Gasteiger partial charge on any atom is 0.264 e. The van der Waals surface area contributed by atoms with Crippen LogP contribution in [0.4, 0.5) is 11.4 Å². The van der Waals surface area contributed by atoms with Crippen molar-refractivity contribution in [1.82, 2.24) is 0 Å². The Bertz CT molecular complexity index is 1260. The second-order valence-electron chi connectivity index (χ2n) is 8.79. The summed E-state index contributed by atoms with van der Waals surface area (Å²) < 4.78 is 5.15. The average molecular weight is 487 g/mol. The standard InChI is InChI=1S/C29H30N2O5/c1-20(8-6-7-17-32)29(35)25-18-23(30-27(33)22-11-14-24(36-2)15-12-22)13-16-26(25)31(28(29)34)19-21-9-4-3-5-10-21/h3-6,8-16,18,20,32,35H,7,17,19H2,1-2H3,(H,30,33)/b8-6+/t20-,29+/m0/s1. The van der Waals surface area contributed by atoms with Gasteiger partial charge < -0.3 is 25.2 Å². The highest BCUT2D eigenvalue weighted by molar-refractivity contribution is 6.09. The van der Waals surface area contributed by atoms with E-state index >= 15 is 0 Å². The minimum absolute atomic E-state index is 0.0200. The predicted octanol–water partition coefficient (Wildman–Crippen LogP) is 4.26. The van der Waals surface area contributed by atoms with Gasteiger partial charge in [-0.1, -0.05) is 49.4 Å². The molecule has 36 heavy (non-hydrogen) atoms. The number of hydrogen-bond acceptors (Lipinski definition) is 5. The van der Waals surface area contributed by atoms with Gasteiger partial charge in [-0.3, -0.25) is 9.59 Å². The molecule has 2 atom stereocenters. The summed E-state index contributed by atoms with van der Waals surface area (Å²) in [5.74, 6) is -0.665.